The molecule has 1 atom stereocenters. The number of halogens is 1. The van der Waals surface area contributed by atoms with Crippen LogP contribution in [-0.2, 0) is 10.0 Å². The normalized spacial score (nSPS) is 13.0. The maximum atomic E-state index is 11.4. The summed E-state index contributed by atoms with van der Waals surface area (Å²) in [4.78, 5) is 0.106. The van der Waals surface area contributed by atoms with Gasteiger partial charge in [-0.1, -0.05) is 40.2 Å². The van der Waals surface area contributed by atoms with Gasteiger partial charge < -0.3 is 5.32 Å². The first-order chi connectivity index (χ1) is 9.79. The van der Waals surface area contributed by atoms with Crippen molar-refractivity contribution in [2.75, 3.05) is 5.32 Å². The van der Waals surface area contributed by atoms with Crippen LogP contribution in [0.1, 0.15) is 24.1 Å². The summed E-state index contributed by atoms with van der Waals surface area (Å²) in [6.07, 6.45) is 0. The van der Waals surface area contributed by atoms with E-state index in [0.29, 0.717) is 0 Å². The van der Waals surface area contributed by atoms with E-state index in [1.807, 2.05) is 38.1 Å². The van der Waals surface area contributed by atoms with Crippen molar-refractivity contribution in [3.8, 4) is 0 Å². The number of nitrogens with two attached hydrogens (primary N) is 1. The predicted octanol–water partition coefficient (Wildman–Crippen LogP) is 3.58. The first-order valence-corrected chi connectivity index (χ1v) is 8.77. The number of hydrogen-bond donors (Lipinski definition) is 2. The van der Waals surface area contributed by atoms with Crippen LogP contribution in [0.15, 0.2) is 51.8 Å². The second-order valence-corrected chi connectivity index (χ2v) is 7.33. The van der Waals surface area contributed by atoms with Crippen LogP contribution in [0.2, 0.25) is 0 Å². The van der Waals surface area contributed by atoms with Crippen molar-refractivity contribution in [1.29, 1.82) is 0 Å². The van der Waals surface area contributed by atoms with Gasteiger partial charge in [0, 0.05) is 16.2 Å². The van der Waals surface area contributed by atoms with Gasteiger partial charge in [-0.3, -0.25) is 0 Å². The maximum absolute atomic E-state index is 11.4. The zero-order valence-electron chi connectivity index (χ0n) is 11.8. The molecule has 0 aliphatic rings. The molecule has 0 aliphatic carbocycles. The summed E-state index contributed by atoms with van der Waals surface area (Å²) in [6.45, 7) is 3.94. The molecule has 0 amide bonds. The van der Waals surface area contributed by atoms with Gasteiger partial charge >= 0.3 is 0 Å². The smallest absolute Gasteiger partial charge is 0.238 e. The van der Waals surface area contributed by atoms with Gasteiger partial charge in [-0.05, 0) is 43.2 Å². The fraction of sp³-hybridized carbons (Fsp3) is 0.200. The zero-order valence-corrected chi connectivity index (χ0v) is 14.2. The molecule has 0 spiro atoms. The summed E-state index contributed by atoms with van der Waals surface area (Å²) < 4.78 is 23.9. The zero-order chi connectivity index (χ0) is 15.6. The summed E-state index contributed by atoms with van der Waals surface area (Å²) in [5.41, 5.74) is 2.81. The molecular formula is C15H17BrN2O2S. The highest BCUT2D eigenvalue weighted by molar-refractivity contribution is 9.10. The number of anilines is 1. The molecule has 0 aliphatic heterocycles. The monoisotopic (exact) mass is 368 g/mol. The Kier molecular flexibility index (Phi) is 4.70. The van der Waals surface area contributed by atoms with Gasteiger partial charge in [0.2, 0.25) is 10.0 Å². The molecule has 2 aromatic rings. The number of hydrogen-bond acceptors (Lipinski definition) is 3. The lowest BCUT2D eigenvalue weighted by Gasteiger charge is -2.19. The minimum atomic E-state index is -3.70. The summed E-state index contributed by atoms with van der Waals surface area (Å²) in [5, 5.41) is 8.51. The van der Waals surface area contributed by atoms with Crippen LogP contribution in [0.4, 0.5) is 5.69 Å². The van der Waals surface area contributed by atoms with Crippen molar-refractivity contribution in [2.45, 2.75) is 24.8 Å². The lowest BCUT2D eigenvalue weighted by atomic mass is 10.1. The Hall–Kier alpha value is -1.37. The number of primary sulfonamides is 1. The van der Waals surface area contributed by atoms with Gasteiger partial charge in [-0.15, -0.1) is 0 Å². The van der Waals surface area contributed by atoms with Crippen LogP contribution < -0.4 is 10.5 Å². The molecule has 0 heterocycles. The second kappa shape index (κ2) is 6.17. The van der Waals surface area contributed by atoms with E-state index in [4.69, 9.17) is 5.14 Å². The summed E-state index contributed by atoms with van der Waals surface area (Å²) in [5.74, 6) is 0. The molecule has 0 radical (unpaired) electrons. The van der Waals surface area contributed by atoms with Gasteiger partial charge in [0.05, 0.1) is 4.90 Å². The molecule has 0 bridgehead atoms. The van der Waals surface area contributed by atoms with E-state index >= 15 is 0 Å². The number of rotatable bonds is 4. The highest BCUT2D eigenvalue weighted by atomic mass is 79.9. The number of nitrogens with one attached hydrogen (secondary N) is 1. The Morgan fingerprint density at radius 2 is 1.86 bits per heavy atom. The molecule has 4 nitrogen and oxygen atoms in total. The average molecular weight is 369 g/mol. The maximum Gasteiger partial charge on any atom is 0.238 e. The molecule has 0 aromatic heterocycles. The number of sulfonamides is 1. The molecule has 0 saturated carbocycles. The van der Waals surface area contributed by atoms with Crippen LogP contribution >= 0.6 is 15.9 Å². The quantitative estimate of drug-likeness (QED) is 0.865. The molecular weight excluding hydrogens is 352 g/mol. The van der Waals surface area contributed by atoms with E-state index < -0.39 is 10.0 Å². The molecule has 3 N–H and O–H groups in total. The Morgan fingerprint density at radius 3 is 2.48 bits per heavy atom. The van der Waals surface area contributed by atoms with E-state index in [1.54, 1.807) is 12.1 Å². The highest BCUT2D eigenvalue weighted by Gasteiger charge is 2.13. The fourth-order valence-corrected chi connectivity index (χ4v) is 3.24. The van der Waals surface area contributed by atoms with E-state index in [1.165, 1.54) is 6.07 Å². The average Bonchev–Trinajstić information content (AvgIpc) is 2.40. The first kappa shape index (κ1) is 16.0. The van der Waals surface area contributed by atoms with Crippen LogP contribution in [-0.4, -0.2) is 8.42 Å². The third-order valence-electron chi connectivity index (χ3n) is 3.28. The van der Waals surface area contributed by atoms with E-state index in [-0.39, 0.29) is 10.9 Å². The minimum absolute atomic E-state index is 0.0232. The predicted molar refractivity (Wildman–Crippen MR) is 88.7 cm³/mol. The van der Waals surface area contributed by atoms with Crippen molar-refractivity contribution in [1.82, 2.24) is 0 Å². The Bertz CT molecular complexity index is 760. The third-order valence-corrected chi connectivity index (χ3v) is 4.91. The molecule has 112 valence electrons. The van der Waals surface area contributed by atoms with Gasteiger partial charge in [-0.25, -0.2) is 13.6 Å². The van der Waals surface area contributed by atoms with Crippen molar-refractivity contribution >= 4 is 31.6 Å². The van der Waals surface area contributed by atoms with Gasteiger partial charge in [-0.2, -0.15) is 0 Å². The van der Waals surface area contributed by atoms with Gasteiger partial charge in [0.15, 0.2) is 0 Å². The second-order valence-electron chi connectivity index (χ2n) is 4.91. The highest BCUT2D eigenvalue weighted by Crippen LogP contribution is 2.28. The summed E-state index contributed by atoms with van der Waals surface area (Å²) >= 11 is 3.52. The van der Waals surface area contributed by atoms with Crippen LogP contribution in [0.3, 0.4) is 0 Å². The topological polar surface area (TPSA) is 72.2 Å². The molecule has 0 fully saturated rings. The largest absolute Gasteiger partial charge is 0.378 e. The van der Waals surface area contributed by atoms with E-state index in [2.05, 4.69) is 21.2 Å². The molecule has 2 aromatic carbocycles. The lowest BCUT2D eigenvalue weighted by molar-refractivity contribution is 0.598. The minimum Gasteiger partial charge on any atom is -0.378 e. The van der Waals surface area contributed by atoms with Gasteiger partial charge in [0.25, 0.3) is 0 Å². The fourth-order valence-electron chi connectivity index (χ4n) is 2.07. The first-order valence-electron chi connectivity index (χ1n) is 6.43. The van der Waals surface area contributed by atoms with E-state index in [9.17, 15) is 8.42 Å². The summed E-state index contributed by atoms with van der Waals surface area (Å²) in [7, 11) is -3.70. The van der Waals surface area contributed by atoms with Crippen molar-refractivity contribution in [3.63, 3.8) is 0 Å². The van der Waals surface area contributed by atoms with Crippen molar-refractivity contribution < 1.29 is 8.42 Å². The molecule has 0 saturated heterocycles. The standard InChI is InChI=1S/C15H17BrN2O2S/c1-10-7-8-12(21(17,19)20)9-15(10)18-11(2)13-5-3-4-6-14(13)16/h3-9,11,18H,1-2H3,(H2,17,19,20). The van der Waals surface area contributed by atoms with Crippen molar-refractivity contribution in [3.05, 3.63) is 58.1 Å². The molecule has 1 unspecified atom stereocenters. The third kappa shape index (κ3) is 3.84. The lowest BCUT2D eigenvalue weighted by Crippen LogP contribution is -2.14. The van der Waals surface area contributed by atoms with Crippen LogP contribution in [0, 0.1) is 6.92 Å². The number of benzene rings is 2. The molecule has 2 rings (SSSR count). The Balaban J connectivity index is 2.33. The van der Waals surface area contributed by atoms with E-state index in [0.717, 1.165) is 21.3 Å². The van der Waals surface area contributed by atoms with Crippen molar-refractivity contribution in [2.24, 2.45) is 5.14 Å². The Labute approximate surface area is 133 Å². The molecule has 21 heavy (non-hydrogen) atoms. The summed E-state index contributed by atoms with van der Waals surface area (Å²) in [6, 6.07) is 12.8. The van der Waals surface area contributed by atoms with Crippen LogP contribution in [0.25, 0.3) is 0 Å². The molecule has 6 heteroatoms. The SMILES string of the molecule is Cc1ccc(S(N)(=O)=O)cc1NC(C)c1ccccc1Br. The van der Waals surface area contributed by atoms with Crippen LogP contribution in [0.5, 0.6) is 0 Å². The van der Waals surface area contributed by atoms with Gasteiger partial charge in [0.1, 0.15) is 0 Å². The Morgan fingerprint density at radius 1 is 1.19 bits per heavy atom. The number of aryl methyl sites for hydroxylation is 1.